The van der Waals surface area contributed by atoms with Crippen molar-refractivity contribution in [3.05, 3.63) is 34.4 Å². The Morgan fingerprint density at radius 1 is 1.31 bits per heavy atom. The predicted octanol–water partition coefficient (Wildman–Crippen LogP) is 2.69. The van der Waals surface area contributed by atoms with Gasteiger partial charge in [0.2, 0.25) is 11.2 Å². The van der Waals surface area contributed by atoms with Crippen molar-refractivity contribution in [2.45, 2.75) is 13.5 Å². The zero-order valence-corrected chi connectivity index (χ0v) is 9.88. The van der Waals surface area contributed by atoms with Crippen LogP contribution in [-0.4, -0.2) is 15.0 Å². The first-order valence-corrected chi connectivity index (χ1v) is 5.24. The molecule has 0 saturated carbocycles. The standard InChI is InChI=1S/C9H8Cl2N4O/c1-5-2-12-7(16-5)4-13-8-6(10)3-14-9(11)15-8/h2-3H,4H2,1H3,(H,13,14,15). The van der Waals surface area contributed by atoms with E-state index in [-0.39, 0.29) is 5.28 Å². The number of nitrogens with zero attached hydrogens (tertiary/aromatic N) is 3. The van der Waals surface area contributed by atoms with E-state index in [0.29, 0.717) is 23.3 Å². The van der Waals surface area contributed by atoms with Gasteiger partial charge in [0, 0.05) is 0 Å². The van der Waals surface area contributed by atoms with Crippen LogP contribution in [0.25, 0.3) is 0 Å². The molecule has 0 saturated heterocycles. The Hall–Kier alpha value is -1.33. The molecule has 5 nitrogen and oxygen atoms in total. The molecule has 0 radical (unpaired) electrons. The summed E-state index contributed by atoms with van der Waals surface area (Å²) in [5, 5.41) is 3.49. The highest BCUT2D eigenvalue weighted by Crippen LogP contribution is 2.19. The average Bonchev–Trinajstić information content (AvgIpc) is 2.66. The molecule has 0 spiro atoms. The van der Waals surface area contributed by atoms with Gasteiger partial charge in [-0.1, -0.05) is 11.6 Å². The predicted molar refractivity (Wildman–Crippen MR) is 60.6 cm³/mol. The second kappa shape index (κ2) is 4.67. The number of anilines is 1. The van der Waals surface area contributed by atoms with Crippen LogP contribution in [0.5, 0.6) is 0 Å². The first-order chi connectivity index (χ1) is 7.65. The van der Waals surface area contributed by atoms with Gasteiger partial charge in [0.15, 0.2) is 0 Å². The fourth-order valence-corrected chi connectivity index (χ4v) is 1.40. The molecule has 0 fully saturated rings. The van der Waals surface area contributed by atoms with E-state index in [0.717, 1.165) is 5.76 Å². The highest BCUT2D eigenvalue weighted by Gasteiger charge is 2.05. The minimum atomic E-state index is 0.135. The largest absolute Gasteiger partial charge is 0.444 e. The maximum absolute atomic E-state index is 5.87. The fraction of sp³-hybridized carbons (Fsp3) is 0.222. The van der Waals surface area contributed by atoms with Gasteiger partial charge in [-0.2, -0.15) is 4.98 Å². The molecule has 7 heteroatoms. The Morgan fingerprint density at radius 3 is 2.81 bits per heavy atom. The molecule has 84 valence electrons. The van der Waals surface area contributed by atoms with E-state index in [2.05, 4.69) is 20.3 Å². The van der Waals surface area contributed by atoms with E-state index in [1.165, 1.54) is 6.20 Å². The maximum atomic E-state index is 5.87. The highest BCUT2D eigenvalue weighted by molar-refractivity contribution is 6.33. The van der Waals surface area contributed by atoms with E-state index < -0.39 is 0 Å². The van der Waals surface area contributed by atoms with Gasteiger partial charge in [-0.15, -0.1) is 0 Å². The van der Waals surface area contributed by atoms with Crippen molar-refractivity contribution in [1.29, 1.82) is 0 Å². The molecule has 2 aromatic rings. The van der Waals surface area contributed by atoms with Crippen LogP contribution in [0.15, 0.2) is 16.8 Å². The number of aromatic nitrogens is 3. The molecule has 0 aromatic carbocycles. The molecule has 0 atom stereocenters. The monoisotopic (exact) mass is 258 g/mol. The third-order valence-corrected chi connectivity index (χ3v) is 2.25. The third-order valence-electron chi connectivity index (χ3n) is 1.79. The number of nitrogens with one attached hydrogen (secondary N) is 1. The summed E-state index contributed by atoms with van der Waals surface area (Å²) < 4.78 is 5.28. The summed E-state index contributed by atoms with van der Waals surface area (Å²) in [4.78, 5) is 11.7. The molecule has 0 bridgehead atoms. The number of rotatable bonds is 3. The zero-order chi connectivity index (χ0) is 11.5. The van der Waals surface area contributed by atoms with Crippen molar-refractivity contribution in [2.24, 2.45) is 0 Å². The molecule has 1 N–H and O–H groups in total. The lowest BCUT2D eigenvalue weighted by Crippen LogP contribution is -2.02. The van der Waals surface area contributed by atoms with Gasteiger partial charge in [-0.25, -0.2) is 9.97 Å². The molecule has 2 rings (SSSR count). The molecule has 0 amide bonds. The van der Waals surface area contributed by atoms with Crippen LogP contribution in [0.4, 0.5) is 5.82 Å². The first-order valence-electron chi connectivity index (χ1n) is 4.48. The Bertz CT molecular complexity index is 500. The quantitative estimate of drug-likeness (QED) is 0.858. The lowest BCUT2D eigenvalue weighted by atomic mass is 10.5. The molecular weight excluding hydrogens is 251 g/mol. The average molecular weight is 259 g/mol. The van der Waals surface area contributed by atoms with Gasteiger partial charge in [-0.05, 0) is 18.5 Å². The van der Waals surface area contributed by atoms with Gasteiger partial charge < -0.3 is 9.73 Å². The number of aryl methyl sites for hydroxylation is 1. The lowest BCUT2D eigenvalue weighted by molar-refractivity contribution is 0.479. The second-order valence-corrected chi connectivity index (χ2v) is 3.80. The second-order valence-electron chi connectivity index (χ2n) is 3.05. The van der Waals surface area contributed by atoms with Crippen molar-refractivity contribution >= 4 is 29.0 Å². The van der Waals surface area contributed by atoms with Crippen LogP contribution >= 0.6 is 23.2 Å². The van der Waals surface area contributed by atoms with E-state index in [4.69, 9.17) is 27.6 Å². The van der Waals surface area contributed by atoms with E-state index in [9.17, 15) is 0 Å². The molecule has 16 heavy (non-hydrogen) atoms. The Morgan fingerprint density at radius 2 is 2.12 bits per heavy atom. The highest BCUT2D eigenvalue weighted by atomic mass is 35.5. The molecule has 0 unspecified atom stereocenters. The van der Waals surface area contributed by atoms with Crippen LogP contribution in [0, 0.1) is 6.92 Å². The summed E-state index contributed by atoms with van der Waals surface area (Å²) in [6.45, 7) is 2.21. The van der Waals surface area contributed by atoms with Crippen LogP contribution in [0.2, 0.25) is 10.3 Å². The van der Waals surface area contributed by atoms with Gasteiger partial charge in [0.25, 0.3) is 0 Å². The van der Waals surface area contributed by atoms with Crippen molar-refractivity contribution in [2.75, 3.05) is 5.32 Å². The van der Waals surface area contributed by atoms with Crippen LogP contribution < -0.4 is 5.32 Å². The zero-order valence-electron chi connectivity index (χ0n) is 8.37. The molecule has 0 aliphatic heterocycles. The van der Waals surface area contributed by atoms with Crippen molar-refractivity contribution in [3.63, 3.8) is 0 Å². The lowest BCUT2D eigenvalue weighted by Gasteiger charge is -2.04. The van der Waals surface area contributed by atoms with Crippen molar-refractivity contribution < 1.29 is 4.42 Å². The van der Waals surface area contributed by atoms with Crippen molar-refractivity contribution in [1.82, 2.24) is 15.0 Å². The van der Waals surface area contributed by atoms with Gasteiger partial charge >= 0.3 is 0 Å². The summed E-state index contributed by atoms with van der Waals surface area (Å²) in [5.41, 5.74) is 0. The smallest absolute Gasteiger partial charge is 0.224 e. The number of hydrogen-bond donors (Lipinski definition) is 1. The Kier molecular flexibility index (Phi) is 3.26. The SMILES string of the molecule is Cc1cnc(CNc2nc(Cl)ncc2Cl)o1. The van der Waals surface area contributed by atoms with Gasteiger partial charge in [0.05, 0.1) is 18.9 Å². The minimum Gasteiger partial charge on any atom is -0.444 e. The van der Waals surface area contributed by atoms with Crippen molar-refractivity contribution in [3.8, 4) is 0 Å². The minimum absolute atomic E-state index is 0.135. The Labute approximate surface area is 102 Å². The van der Waals surface area contributed by atoms with Crippen LogP contribution in [0.3, 0.4) is 0 Å². The number of oxazole rings is 1. The molecule has 0 aliphatic rings. The number of hydrogen-bond acceptors (Lipinski definition) is 5. The van der Waals surface area contributed by atoms with E-state index in [1.54, 1.807) is 6.20 Å². The summed E-state index contributed by atoms with van der Waals surface area (Å²) in [5.74, 6) is 1.77. The fourth-order valence-electron chi connectivity index (χ4n) is 1.11. The maximum Gasteiger partial charge on any atom is 0.224 e. The van der Waals surface area contributed by atoms with E-state index >= 15 is 0 Å². The number of halogens is 2. The first kappa shape index (κ1) is 11.2. The van der Waals surface area contributed by atoms with Crippen LogP contribution in [-0.2, 0) is 6.54 Å². The molecular formula is C9H8Cl2N4O. The molecule has 0 aliphatic carbocycles. The van der Waals surface area contributed by atoms with Gasteiger partial charge in [0.1, 0.15) is 16.6 Å². The summed E-state index contributed by atoms with van der Waals surface area (Å²) in [6.07, 6.45) is 3.08. The van der Waals surface area contributed by atoms with Crippen LogP contribution in [0.1, 0.15) is 11.7 Å². The summed E-state index contributed by atoms with van der Waals surface area (Å²) in [6, 6.07) is 0. The van der Waals surface area contributed by atoms with Gasteiger partial charge in [-0.3, -0.25) is 0 Å². The summed E-state index contributed by atoms with van der Waals surface area (Å²) in [7, 11) is 0. The Balaban J connectivity index is 2.07. The summed E-state index contributed by atoms with van der Waals surface area (Å²) >= 11 is 11.5. The third kappa shape index (κ3) is 2.62. The molecule has 2 aromatic heterocycles. The normalized spacial score (nSPS) is 10.4. The molecule has 2 heterocycles. The van der Waals surface area contributed by atoms with E-state index in [1.807, 2.05) is 6.92 Å². The topological polar surface area (TPSA) is 63.8 Å².